The lowest BCUT2D eigenvalue weighted by molar-refractivity contribution is -0.138. The standard InChI is InChI=1S/C31H27Cl2NO5/c1-4-37-24-15-19(14-23(33)30(24)39-16-18-10-6-9-13-22(18)32)26-25(31(36)38-5-2)17(3)34-28-20-11-7-8-12-21(20)29(35)27(26)28/h6-15,26,34H,4-5,16H2,1-3H3/t26-/m0/s1. The lowest BCUT2D eigenvalue weighted by Gasteiger charge is -2.30. The molecule has 1 heterocycles. The van der Waals surface area contributed by atoms with Gasteiger partial charge in [-0.25, -0.2) is 4.79 Å². The molecular weight excluding hydrogens is 537 g/mol. The van der Waals surface area contributed by atoms with E-state index in [0.29, 0.717) is 56.8 Å². The van der Waals surface area contributed by atoms with Gasteiger partial charge in [-0.1, -0.05) is 65.7 Å². The predicted molar refractivity (Wildman–Crippen MR) is 151 cm³/mol. The van der Waals surface area contributed by atoms with Crippen LogP contribution in [0.2, 0.25) is 10.0 Å². The number of dihydropyridines is 1. The van der Waals surface area contributed by atoms with E-state index in [9.17, 15) is 9.59 Å². The number of ketones is 1. The van der Waals surface area contributed by atoms with Crippen LogP contribution in [0, 0.1) is 0 Å². The van der Waals surface area contributed by atoms with Crippen molar-refractivity contribution in [3.8, 4) is 11.5 Å². The lowest BCUT2D eigenvalue weighted by atomic mass is 9.79. The first kappa shape index (κ1) is 26.9. The first-order valence-electron chi connectivity index (χ1n) is 12.7. The average molecular weight is 564 g/mol. The van der Waals surface area contributed by atoms with Gasteiger partial charge in [0.25, 0.3) is 0 Å². The number of hydrogen-bond acceptors (Lipinski definition) is 6. The normalized spacial score (nSPS) is 16.0. The fourth-order valence-corrected chi connectivity index (χ4v) is 5.53. The summed E-state index contributed by atoms with van der Waals surface area (Å²) in [7, 11) is 0. The Hall–Kier alpha value is -3.74. The molecule has 0 saturated heterocycles. The molecule has 0 fully saturated rings. The van der Waals surface area contributed by atoms with E-state index in [1.165, 1.54) is 0 Å². The Morgan fingerprint density at radius 3 is 2.36 bits per heavy atom. The number of benzene rings is 3. The number of hydrogen-bond donors (Lipinski definition) is 1. The summed E-state index contributed by atoms with van der Waals surface area (Å²) in [4.78, 5) is 27.0. The topological polar surface area (TPSA) is 73.9 Å². The van der Waals surface area contributed by atoms with Gasteiger partial charge in [0.2, 0.25) is 0 Å². The van der Waals surface area contributed by atoms with Crippen LogP contribution < -0.4 is 14.8 Å². The molecule has 0 spiro atoms. The quantitative estimate of drug-likeness (QED) is 0.294. The third kappa shape index (κ3) is 4.90. The van der Waals surface area contributed by atoms with Crippen LogP contribution in [0.25, 0.3) is 5.70 Å². The number of ether oxygens (including phenoxy) is 3. The maximum atomic E-state index is 13.7. The zero-order valence-electron chi connectivity index (χ0n) is 21.8. The smallest absolute Gasteiger partial charge is 0.336 e. The number of carbonyl (C=O) groups excluding carboxylic acids is 2. The molecule has 3 aromatic rings. The number of fused-ring (bicyclic) bond motifs is 2. The van der Waals surface area contributed by atoms with Crippen LogP contribution in [0.5, 0.6) is 11.5 Å². The number of nitrogens with one attached hydrogen (secondary N) is 1. The summed E-state index contributed by atoms with van der Waals surface area (Å²) < 4.78 is 17.5. The summed E-state index contributed by atoms with van der Waals surface area (Å²) in [6.07, 6.45) is 0. The van der Waals surface area contributed by atoms with Crippen molar-refractivity contribution in [1.29, 1.82) is 0 Å². The van der Waals surface area contributed by atoms with Crippen molar-refractivity contribution in [3.63, 3.8) is 0 Å². The third-order valence-corrected chi connectivity index (χ3v) is 7.39. The van der Waals surface area contributed by atoms with Crippen LogP contribution in [-0.4, -0.2) is 25.0 Å². The maximum absolute atomic E-state index is 13.7. The van der Waals surface area contributed by atoms with Gasteiger partial charge >= 0.3 is 5.97 Å². The Kier molecular flexibility index (Phi) is 7.69. The molecule has 0 bridgehead atoms. The second-order valence-corrected chi connectivity index (χ2v) is 9.94. The molecule has 1 N–H and O–H groups in total. The number of allylic oxidation sites excluding steroid dienone is 2. The van der Waals surface area contributed by atoms with Crippen molar-refractivity contribution in [3.05, 3.63) is 110 Å². The summed E-state index contributed by atoms with van der Waals surface area (Å²) in [6, 6.07) is 18.3. The van der Waals surface area contributed by atoms with E-state index >= 15 is 0 Å². The second kappa shape index (κ2) is 11.2. The fraction of sp³-hybridized carbons (Fsp3) is 0.226. The SMILES string of the molecule is CCOC(=O)C1=C(C)NC2=C(C(=O)c3ccccc32)[C@H]1c1cc(Cl)c(OCc2ccccc2Cl)c(OCC)c1. The van der Waals surface area contributed by atoms with Crippen LogP contribution >= 0.6 is 23.2 Å². The summed E-state index contributed by atoms with van der Waals surface area (Å²) in [6.45, 7) is 6.14. The van der Waals surface area contributed by atoms with E-state index in [4.69, 9.17) is 37.4 Å². The number of carbonyl (C=O) groups is 2. The zero-order valence-corrected chi connectivity index (χ0v) is 23.3. The first-order valence-corrected chi connectivity index (χ1v) is 13.5. The molecule has 0 aromatic heterocycles. The van der Waals surface area contributed by atoms with Gasteiger partial charge in [0.05, 0.1) is 29.5 Å². The maximum Gasteiger partial charge on any atom is 0.336 e. The molecule has 8 heteroatoms. The molecule has 0 saturated carbocycles. The second-order valence-electron chi connectivity index (χ2n) is 9.12. The zero-order chi connectivity index (χ0) is 27.7. The molecular formula is C31H27Cl2NO5. The van der Waals surface area contributed by atoms with E-state index in [-0.39, 0.29) is 24.0 Å². The minimum absolute atomic E-state index is 0.152. The third-order valence-electron chi connectivity index (χ3n) is 6.74. The summed E-state index contributed by atoms with van der Waals surface area (Å²) in [5.41, 5.74) is 4.88. The molecule has 1 atom stereocenters. The predicted octanol–water partition coefficient (Wildman–Crippen LogP) is 7.10. The van der Waals surface area contributed by atoms with Gasteiger partial charge in [-0.05, 0) is 44.5 Å². The molecule has 2 aliphatic rings. The molecule has 0 radical (unpaired) electrons. The molecule has 1 aliphatic heterocycles. The summed E-state index contributed by atoms with van der Waals surface area (Å²) >= 11 is 13.1. The molecule has 0 unspecified atom stereocenters. The molecule has 5 rings (SSSR count). The van der Waals surface area contributed by atoms with Crippen molar-refractivity contribution < 1.29 is 23.8 Å². The van der Waals surface area contributed by atoms with Gasteiger partial charge in [0.1, 0.15) is 6.61 Å². The van der Waals surface area contributed by atoms with Crippen molar-refractivity contribution in [1.82, 2.24) is 5.32 Å². The fourth-order valence-electron chi connectivity index (χ4n) is 5.06. The van der Waals surface area contributed by atoms with Crippen LogP contribution in [0.4, 0.5) is 0 Å². The number of esters is 1. The average Bonchev–Trinajstić information content (AvgIpc) is 3.20. The molecule has 39 heavy (non-hydrogen) atoms. The van der Waals surface area contributed by atoms with Gasteiger partial charge in [0.15, 0.2) is 17.3 Å². The van der Waals surface area contributed by atoms with Crippen LogP contribution in [0.1, 0.15) is 53.7 Å². The molecule has 3 aromatic carbocycles. The highest BCUT2D eigenvalue weighted by atomic mass is 35.5. The Morgan fingerprint density at radius 2 is 1.64 bits per heavy atom. The van der Waals surface area contributed by atoms with Gasteiger partial charge < -0.3 is 19.5 Å². The Labute approximate surface area is 237 Å². The van der Waals surface area contributed by atoms with E-state index in [0.717, 1.165) is 11.1 Å². The Balaban J connectivity index is 1.63. The Bertz CT molecular complexity index is 1540. The molecule has 6 nitrogen and oxygen atoms in total. The number of Topliss-reactive ketones (excluding diaryl/α,β-unsaturated/α-hetero) is 1. The molecule has 200 valence electrons. The van der Waals surface area contributed by atoms with Crippen molar-refractivity contribution >= 4 is 40.7 Å². The van der Waals surface area contributed by atoms with E-state index in [1.54, 1.807) is 38.1 Å². The van der Waals surface area contributed by atoms with Gasteiger partial charge in [-0.3, -0.25) is 4.79 Å². The highest BCUT2D eigenvalue weighted by Crippen LogP contribution is 2.49. The summed E-state index contributed by atoms with van der Waals surface area (Å²) in [5.74, 6) is -0.632. The first-order chi connectivity index (χ1) is 18.8. The molecule has 1 aliphatic carbocycles. The number of rotatable bonds is 8. The monoisotopic (exact) mass is 563 g/mol. The van der Waals surface area contributed by atoms with Crippen LogP contribution in [0.15, 0.2) is 77.5 Å². The largest absolute Gasteiger partial charge is 0.490 e. The lowest BCUT2D eigenvalue weighted by Crippen LogP contribution is -2.29. The minimum atomic E-state index is -0.727. The van der Waals surface area contributed by atoms with Crippen molar-refractivity contribution in [2.45, 2.75) is 33.3 Å². The molecule has 0 amide bonds. The minimum Gasteiger partial charge on any atom is -0.490 e. The van der Waals surface area contributed by atoms with Crippen molar-refractivity contribution in [2.75, 3.05) is 13.2 Å². The van der Waals surface area contributed by atoms with Crippen LogP contribution in [0.3, 0.4) is 0 Å². The summed E-state index contributed by atoms with van der Waals surface area (Å²) in [5, 5.41) is 4.16. The highest BCUT2D eigenvalue weighted by molar-refractivity contribution is 6.32. The van der Waals surface area contributed by atoms with E-state index in [1.807, 2.05) is 43.3 Å². The Morgan fingerprint density at radius 1 is 0.923 bits per heavy atom. The van der Waals surface area contributed by atoms with Crippen molar-refractivity contribution in [2.24, 2.45) is 0 Å². The number of halogens is 2. The van der Waals surface area contributed by atoms with Gasteiger partial charge in [-0.2, -0.15) is 0 Å². The van der Waals surface area contributed by atoms with E-state index < -0.39 is 11.9 Å². The highest BCUT2D eigenvalue weighted by Gasteiger charge is 2.43. The van der Waals surface area contributed by atoms with Gasteiger partial charge in [-0.15, -0.1) is 0 Å². The van der Waals surface area contributed by atoms with Gasteiger partial charge in [0, 0.05) is 38.9 Å². The van der Waals surface area contributed by atoms with Crippen LogP contribution in [-0.2, 0) is 16.1 Å². The van der Waals surface area contributed by atoms with E-state index in [2.05, 4.69) is 5.32 Å².